The molecule has 3 nitrogen and oxygen atoms in total. The second-order valence-electron chi connectivity index (χ2n) is 4.39. The Hall–Kier alpha value is -1.35. The van der Waals surface area contributed by atoms with Crippen LogP contribution in [0.1, 0.15) is 44.8 Å². The predicted molar refractivity (Wildman–Crippen MR) is 67.8 cm³/mol. The Balaban J connectivity index is 1.98. The van der Waals surface area contributed by atoms with Gasteiger partial charge in [0, 0.05) is 0 Å². The van der Waals surface area contributed by atoms with E-state index < -0.39 is 0 Å². The molecule has 1 aromatic rings. The van der Waals surface area contributed by atoms with Gasteiger partial charge in [-0.25, -0.2) is 0 Å². The van der Waals surface area contributed by atoms with E-state index in [0.29, 0.717) is 0 Å². The summed E-state index contributed by atoms with van der Waals surface area (Å²) in [5, 5.41) is 3.92. The van der Waals surface area contributed by atoms with Crippen molar-refractivity contribution in [3.8, 4) is 0 Å². The van der Waals surface area contributed by atoms with E-state index >= 15 is 0 Å². The van der Waals surface area contributed by atoms with Crippen LogP contribution in [-0.2, 0) is 9.57 Å². The minimum Gasteiger partial charge on any atom is -0.363 e. The molecule has 0 saturated heterocycles. The van der Waals surface area contributed by atoms with Crippen LogP contribution in [0.25, 0.3) is 0 Å². The van der Waals surface area contributed by atoms with Crippen LogP contribution >= 0.6 is 0 Å². The number of rotatable bonds is 5. The first-order chi connectivity index (χ1) is 8.29. The van der Waals surface area contributed by atoms with Crippen LogP contribution in [0.4, 0.5) is 0 Å². The molecule has 0 spiro atoms. The third kappa shape index (κ3) is 3.30. The second kappa shape index (κ2) is 5.82. The zero-order valence-corrected chi connectivity index (χ0v) is 10.4. The van der Waals surface area contributed by atoms with Gasteiger partial charge in [0.15, 0.2) is 0 Å². The van der Waals surface area contributed by atoms with E-state index in [1.54, 1.807) is 0 Å². The fourth-order valence-corrected chi connectivity index (χ4v) is 1.96. The average molecular weight is 233 g/mol. The standard InChI is InChI=1S/C14H19NO2/c1-3-7-13(12-8-5-4-6-9-12)16-14-10-11(2)15-17-14/h4-6,8-9,13-14H,3,7,10H2,1-2H3/t13-,14?/m0/s1. The molecule has 92 valence electrons. The number of hydrogen-bond acceptors (Lipinski definition) is 3. The first-order valence-electron chi connectivity index (χ1n) is 6.19. The third-order valence-corrected chi connectivity index (χ3v) is 2.83. The number of benzene rings is 1. The van der Waals surface area contributed by atoms with Gasteiger partial charge in [0.05, 0.1) is 18.2 Å². The Bertz CT molecular complexity index is 375. The molecule has 1 aliphatic heterocycles. The minimum absolute atomic E-state index is 0.104. The quantitative estimate of drug-likeness (QED) is 0.777. The van der Waals surface area contributed by atoms with E-state index in [1.165, 1.54) is 5.56 Å². The normalized spacial score (nSPS) is 20.8. The zero-order chi connectivity index (χ0) is 12.1. The predicted octanol–water partition coefficient (Wildman–Crippen LogP) is 3.67. The Kier molecular flexibility index (Phi) is 4.15. The summed E-state index contributed by atoms with van der Waals surface area (Å²) in [5.74, 6) is 0. The zero-order valence-electron chi connectivity index (χ0n) is 10.4. The van der Waals surface area contributed by atoms with Gasteiger partial charge in [-0.3, -0.25) is 0 Å². The van der Waals surface area contributed by atoms with Crippen LogP contribution < -0.4 is 0 Å². The van der Waals surface area contributed by atoms with Gasteiger partial charge in [0.25, 0.3) is 0 Å². The fraction of sp³-hybridized carbons (Fsp3) is 0.500. The lowest BCUT2D eigenvalue weighted by Gasteiger charge is -2.20. The van der Waals surface area contributed by atoms with Gasteiger partial charge in [0.2, 0.25) is 6.29 Å². The molecule has 0 bridgehead atoms. The molecule has 1 unspecified atom stereocenters. The maximum atomic E-state index is 5.97. The van der Waals surface area contributed by atoms with Crippen molar-refractivity contribution in [1.82, 2.24) is 0 Å². The molecule has 0 N–H and O–H groups in total. The second-order valence-corrected chi connectivity index (χ2v) is 4.39. The lowest BCUT2D eigenvalue weighted by atomic mass is 10.1. The molecule has 0 saturated carbocycles. The molecule has 0 aliphatic carbocycles. The molecule has 0 radical (unpaired) electrons. The largest absolute Gasteiger partial charge is 0.363 e. The van der Waals surface area contributed by atoms with Crippen molar-refractivity contribution in [2.75, 3.05) is 0 Å². The Morgan fingerprint density at radius 1 is 1.41 bits per heavy atom. The summed E-state index contributed by atoms with van der Waals surface area (Å²) < 4.78 is 5.97. The van der Waals surface area contributed by atoms with Crippen LogP contribution in [0, 0.1) is 0 Å². The summed E-state index contributed by atoms with van der Waals surface area (Å²) in [6.45, 7) is 4.12. The molecular formula is C14H19NO2. The van der Waals surface area contributed by atoms with Gasteiger partial charge < -0.3 is 9.57 Å². The summed E-state index contributed by atoms with van der Waals surface area (Å²) in [6.07, 6.45) is 2.75. The number of nitrogens with zero attached hydrogens (tertiary/aromatic N) is 1. The van der Waals surface area contributed by atoms with Crippen molar-refractivity contribution in [3.63, 3.8) is 0 Å². The highest BCUT2D eigenvalue weighted by Gasteiger charge is 2.23. The van der Waals surface area contributed by atoms with E-state index in [4.69, 9.17) is 9.57 Å². The number of hydrogen-bond donors (Lipinski definition) is 0. The SMILES string of the molecule is CCC[C@H](OC1CC(C)=NO1)c1ccccc1. The molecule has 1 heterocycles. The summed E-state index contributed by atoms with van der Waals surface area (Å²) in [7, 11) is 0. The summed E-state index contributed by atoms with van der Waals surface area (Å²) in [4.78, 5) is 5.23. The molecule has 0 fully saturated rings. The Labute approximate surface area is 102 Å². The van der Waals surface area contributed by atoms with Crippen LogP contribution in [0.5, 0.6) is 0 Å². The fourth-order valence-electron chi connectivity index (χ4n) is 1.96. The lowest BCUT2D eigenvalue weighted by molar-refractivity contribution is -0.159. The summed E-state index contributed by atoms with van der Waals surface area (Å²) in [6, 6.07) is 10.3. The molecular weight excluding hydrogens is 214 g/mol. The Morgan fingerprint density at radius 3 is 2.76 bits per heavy atom. The molecule has 0 amide bonds. The van der Waals surface area contributed by atoms with Gasteiger partial charge in [-0.2, -0.15) is 0 Å². The molecule has 0 aromatic heterocycles. The molecule has 17 heavy (non-hydrogen) atoms. The Morgan fingerprint density at radius 2 is 2.18 bits per heavy atom. The smallest absolute Gasteiger partial charge is 0.232 e. The highest BCUT2D eigenvalue weighted by molar-refractivity contribution is 5.82. The van der Waals surface area contributed by atoms with Gasteiger partial charge in [0.1, 0.15) is 0 Å². The topological polar surface area (TPSA) is 30.8 Å². The number of oxime groups is 1. The lowest BCUT2D eigenvalue weighted by Crippen LogP contribution is -2.16. The van der Waals surface area contributed by atoms with Crippen molar-refractivity contribution in [2.24, 2.45) is 5.16 Å². The van der Waals surface area contributed by atoms with Crippen molar-refractivity contribution in [2.45, 2.75) is 45.5 Å². The van der Waals surface area contributed by atoms with E-state index in [1.807, 2.05) is 25.1 Å². The van der Waals surface area contributed by atoms with E-state index in [-0.39, 0.29) is 12.4 Å². The highest BCUT2D eigenvalue weighted by atomic mass is 16.8. The summed E-state index contributed by atoms with van der Waals surface area (Å²) in [5.41, 5.74) is 2.21. The van der Waals surface area contributed by atoms with Crippen LogP contribution in [0.2, 0.25) is 0 Å². The van der Waals surface area contributed by atoms with Crippen LogP contribution in [0.3, 0.4) is 0 Å². The highest BCUT2D eigenvalue weighted by Crippen LogP contribution is 2.27. The number of ether oxygens (including phenoxy) is 1. The van der Waals surface area contributed by atoms with Crippen molar-refractivity contribution >= 4 is 5.71 Å². The minimum atomic E-state index is -0.216. The van der Waals surface area contributed by atoms with Crippen LogP contribution in [-0.4, -0.2) is 12.0 Å². The third-order valence-electron chi connectivity index (χ3n) is 2.83. The molecule has 2 rings (SSSR count). The van der Waals surface area contributed by atoms with Gasteiger partial charge in [-0.15, -0.1) is 0 Å². The average Bonchev–Trinajstić information content (AvgIpc) is 2.75. The first-order valence-corrected chi connectivity index (χ1v) is 6.19. The van der Waals surface area contributed by atoms with Gasteiger partial charge in [-0.1, -0.05) is 48.8 Å². The maximum Gasteiger partial charge on any atom is 0.232 e. The van der Waals surface area contributed by atoms with Crippen LogP contribution in [0.15, 0.2) is 35.5 Å². The van der Waals surface area contributed by atoms with E-state index in [2.05, 4.69) is 24.2 Å². The van der Waals surface area contributed by atoms with Crippen molar-refractivity contribution in [1.29, 1.82) is 0 Å². The maximum absolute atomic E-state index is 5.97. The molecule has 3 heteroatoms. The van der Waals surface area contributed by atoms with Crippen molar-refractivity contribution in [3.05, 3.63) is 35.9 Å². The molecule has 2 atom stereocenters. The van der Waals surface area contributed by atoms with Crippen molar-refractivity contribution < 1.29 is 9.57 Å². The molecule has 1 aliphatic rings. The van der Waals surface area contributed by atoms with E-state index in [0.717, 1.165) is 25.0 Å². The first kappa shape index (κ1) is 12.1. The van der Waals surface area contributed by atoms with Gasteiger partial charge in [-0.05, 0) is 18.9 Å². The van der Waals surface area contributed by atoms with Gasteiger partial charge >= 0.3 is 0 Å². The molecule has 1 aromatic carbocycles. The summed E-state index contributed by atoms with van der Waals surface area (Å²) >= 11 is 0. The van der Waals surface area contributed by atoms with E-state index in [9.17, 15) is 0 Å². The monoisotopic (exact) mass is 233 g/mol.